The highest BCUT2D eigenvalue weighted by molar-refractivity contribution is 5.25. The fourth-order valence-electron chi connectivity index (χ4n) is 2.38. The van der Waals surface area contributed by atoms with Gasteiger partial charge in [-0.15, -0.1) is 0 Å². The summed E-state index contributed by atoms with van der Waals surface area (Å²) in [6.45, 7) is 5.38. The van der Waals surface area contributed by atoms with Crippen molar-refractivity contribution in [1.29, 1.82) is 5.26 Å². The van der Waals surface area contributed by atoms with E-state index in [0.717, 1.165) is 5.69 Å². The second-order valence-electron chi connectivity index (χ2n) is 4.71. The highest BCUT2D eigenvalue weighted by atomic mass is 16.5. The van der Waals surface area contributed by atoms with Crippen LogP contribution in [0.1, 0.15) is 19.5 Å². The molecule has 0 aliphatic carbocycles. The third-order valence-electron chi connectivity index (χ3n) is 3.30. The van der Waals surface area contributed by atoms with Crippen LogP contribution in [0.4, 0.5) is 0 Å². The van der Waals surface area contributed by atoms with E-state index in [9.17, 15) is 5.26 Å². The van der Waals surface area contributed by atoms with Crippen LogP contribution in [0, 0.1) is 23.2 Å². The summed E-state index contributed by atoms with van der Waals surface area (Å²) in [4.78, 5) is 4.39. The summed E-state index contributed by atoms with van der Waals surface area (Å²) in [7, 11) is 0. The molecule has 0 N–H and O–H groups in total. The van der Waals surface area contributed by atoms with Gasteiger partial charge < -0.3 is 4.74 Å². The first-order valence-electron chi connectivity index (χ1n) is 5.59. The Balaban J connectivity index is 2.37. The van der Waals surface area contributed by atoms with E-state index in [1.54, 1.807) is 6.20 Å². The van der Waals surface area contributed by atoms with Crippen LogP contribution >= 0.6 is 0 Å². The predicted molar refractivity (Wildman–Crippen MR) is 60.7 cm³/mol. The summed E-state index contributed by atoms with van der Waals surface area (Å²) in [6.07, 6.45) is 1.78. The lowest BCUT2D eigenvalue weighted by atomic mass is 9.67. The summed E-state index contributed by atoms with van der Waals surface area (Å²) in [5.74, 6) is 0.284. The number of nitriles is 1. The zero-order valence-electron chi connectivity index (χ0n) is 9.68. The molecule has 0 spiro atoms. The van der Waals surface area contributed by atoms with Crippen molar-refractivity contribution in [2.75, 3.05) is 13.2 Å². The van der Waals surface area contributed by atoms with Gasteiger partial charge in [-0.2, -0.15) is 5.26 Å². The zero-order chi connectivity index (χ0) is 11.6. The number of hydrogen-bond donors (Lipinski definition) is 0. The first-order valence-corrected chi connectivity index (χ1v) is 5.59. The van der Waals surface area contributed by atoms with E-state index >= 15 is 0 Å². The molecule has 84 valence electrons. The second kappa shape index (κ2) is 4.23. The zero-order valence-corrected chi connectivity index (χ0v) is 9.68. The van der Waals surface area contributed by atoms with Gasteiger partial charge in [-0.25, -0.2) is 0 Å². The van der Waals surface area contributed by atoms with Crippen LogP contribution in [0.5, 0.6) is 0 Å². The standard InChI is InChI=1S/C13H16N2O/c1-10(2)11(7-14)13(8-16-9-13)12-5-3-4-6-15-12/h3-6,10-11H,8-9H2,1-2H3. The Hall–Kier alpha value is -1.40. The molecule has 1 fully saturated rings. The summed E-state index contributed by atoms with van der Waals surface area (Å²) >= 11 is 0. The minimum atomic E-state index is -0.190. The maximum absolute atomic E-state index is 9.33. The number of pyridine rings is 1. The van der Waals surface area contributed by atoms with Gasteiger partial charge in [0.15, 0.2) is 0 Å². The molecule has 1 saturated heterocycles. The molecule has 2 rings (SSSR count). The largest absolute Gasteiger partial charge is 0.379 e. The minimum absolute atomic E-state index is 0.0313. The van der Waals surface area contributed by atoms with Gasteiger partial charge in [-0.1, -0.05) is 19.9 Å². The fourth-order valence-corrected chi connectivity index (χ4v) is 2.38. The van der Waals surface area contributed by atoms with Gasteiger partial charge in [0, 0.05) is 6.20 Å². The molecule has 1 aliphatic heterocycles. The Labute approximate surface area is 96.1 Å². The van der Waals surface area contributed by atoms with Crippen LogP contribution < -0.4 is 0 Å². The van der Waals surface area contributed by atoms with Crippen LogP contribution in [0.15, 0.2) is 24.4 Å². The summed E-state index contributed by atoms with van der Waals surface area (Å²) < 4.78 is 5.33. The van der Waals surface area contributed by atoms with Crippen molar-refractivity contribution in [2.45, 2.75) is 19.3 Å². The maximum atomic E-state index is 9.33. The van der Waals surface area contributed by atoms with E-state index in [0.29, 0.717) is 19.1 Å². The molecule has 2 heterocycles. The summed E-state index contributed by atoms with van der Waals surface area (Å²) in [5.41, 5.74) is 0.797. The first-order chi connectivity index (χ1) is 7.70. The quantitative estimate of drug-likeness (QED) is 0.777. The smallest absolute Gasteiger partial charge is 0.0752 e. The Morgan fingerprint density at radius 2 is 2.19 bits per heavy atom. The highest BCUT2D eigenvalue weighted by Crippen LogP contribution is 2.41. The average molecular weight is 216 g/mol. The van der Waals surface area contributed by atoms with Crippen molar-refractivity contribution >= 4 is 0 Å². The number of nitrogens with zero attached hydrogens (tertiary/aromatic N) is 2. The SMILES string of the molecule is CC(C)C(C#N)C1(c2ccccn2)COC1. The van der Waals surface area contributed by atoms with Crippen molar-refractivity contribution in [3.8, 4) is 6.07 Å². The van der Waals surface area contributed by atoms with Gasteiger partial charge >= 0.3 is 0 Å². The van der Waals surface area contributed by atoms with Crippen LogP contribution in [-0.4, -0.2) is 18.2 Å². The Kier molecular flexibility index (Phi) is 2.93. The van der Waals surface area contributed by atoms with Gasteiger partial charge in [0.1, 0.15) is 0 Å². The third kappa shape index (κ3) is 1.60. The van der Waals surface area contributed by atoms with Gasteiger partial charge in [0.2, 0.25) is 0 Å². The van der Waals surface area contributed by atoms with E-state index in [4.69, 9.17) is 4.74 Å². The normalized spacial score (nSPS) is 19.9. The average Bonchev–Trinajstić information content (AvgIpc) is 2.23. The van der Waals surface area contributed by atoms with E-state index in [1.165, 1.54) is 0 Å². The molecule has 3 nitrogen and oxygen atoms in total. The first kappa shape index (κ1) is 11.1. The molecular weight excluding hydrogens is 200 g/mol. The van der Waals surface area contributed by atoms with E-state index in [2.05, 4.69) is 24.9 Å². The minimum Gasteiger partial charge on any atom is -0.379 e. The molecule has 1 aromatic rings. The van der Waals surface area contributed by atoms with Crippen LogP contribution in [0.3, 0.4) is 0 Å². The molecule has 0 radical (unpaired) electrons. The van der Waals surface area contributed by atoms with Gasteiger partial charge in [0.25, 0.3) is 0 Å². The molecule has 0 saturated carbocycles. The van der Waals surface area contributed by atoms with E-state index < -0.39 is 0 Å². The summed E-state index contributed by atoms with van der Waals surface area (Å²) in [5, 5.41) is 9.33. The molecule has 1 unspecified atom stereocenters. The van der Waals surface area contributed by atoms with Crippen LogP contribution in [0.2, 0.25) is 0 Å². The highest BCUT2D eigenvalue weighted by Gasteiger charge is 2.49. The fraction of sp³-hybridized carbons (Fsp3) is 0.538. The molecule has 16 heavy (non-hydrogen) atoms. The van der Waals surface area contributed by atoms with E-state index in [1.807, 2.05) is 18.2 Å². The molecule has 1 aromatic heterocycles. The Morgan fingerprint density at radius 1 is 1.44 bits per heavy atom. The maximum Gasteiger partial charge on any atom is 0.0752 e. The van der Waals surface area contributed by atoms with E-state index in [-0.39, 0.29) is 11.3 Å². The third-order valence-corrected chi connectivity index (χ3v) is 3.30. The Morgan fingerprint density at radius 3 is 2.56 bits per heavy atom. The monoisotopic (exact) mass is 216 g/mol. The molecule has 1 aliphatic rings. The molecule has 0 amide bonds. The van der Waals surface area contributed by atoms with Crippen molar-refractivity contribution in [2.24, 2.45) is 11.8 Å². The number of rotatable bonds is 3. The molecular formula is C13H16N2O. The van der Waals surface area contributed by atoms with Crippen LogP contribution in [0.25, 0.3) is 0 Å². The lowest BCUT2D eigenvalue weighted by Crippen LogP contribution is -2.54. The summed E-state index contributed by atoms with van der Waals surface area (Å²) in [6, 6.07) is 8.28. The van der Waals surface area contributed by atoms with Crippen molar-refractivity contribution < 1.29 is 4.74 Å². The topological polar surface area (TPSA) is 45.9 Å². The van der Waals surface area contributed by atoms with Gasteiger partial charge in [-0.05, 0) is 18.1 Å². The molecule has 0 bridgehead atoms. The molecule has 3 heteroatoms. The molecule has 1 atom stereocenters. The number of aromatic nitrogens is 1. The van der Waals surface area contributed by atoms with Crippen LogP contribution in [-0.2, 0) is 10.2 Å². The van der Waals surface area contributed by atoms with Gasteiger partial charge in [-0.3, -0.25) is 4.98 Å². The van der Waals surface area contributed by atoms with Crippen molar-refractivity contribution in [1.82, 2.24) is 4.98 Å². The second-order valence-corrected chi connectivity index (χ2v) is 4.71. The Bertz CT molecular complexity index is 390. The van der Waals surface area contributed by atoms with Gasteiger partial charge in [0.05, 0.1) is 36.3 Å². The lowest BCUT2D eigenvalue weighted by Gasteiger charge is -2.45. The lowest BCUT2D eigenvalue weighted by molar-refractivity contribution is -0.0898. The predicted octanol–water partition coefficient (Wildman–Crippen LogP) is 2.15. The van der Waals surface area contributed by atoms with Crippen molar-refractivity contribution in [3.63, 3.8) is 0 Å². The number of hydrogen-bond acceptors (Lipinski definition) is 3. The van der Waals surface area contributed by atoms with Crippen molar-refractivity contribution in [3.05, 3.63) is 30.1 Å². The molecule has 0 aromatic carbocycles. The number of ether oxygens (including phenoxy) is 1.